The van der Waals surface area contributed by atoms with Gasteiger partial charge in [0.15, 0.2) is 5.69 Å². The SMILES string of the molecule is CSc1ccc(C2=C(c3cc(Cl)ccc3O)CCC2)nc1C(=O)O. The van der Waals surface area contributed by atoms with Crippen molar-refractivity contribution in [3.05, 3.63) is 52.3 Å². The van der Waals surface area contributed by atoms with Crippen molar-refractivity contribution in [3.8, 4) is 5.75 Å². The summed E-state index contributed by atoms with van der Waals surface area (Å²) in [6, 6.07) is 8.60. The third kappa shape index (κ3) is 3.14. The van der Waals surface area contributed by atoms with E-state index in [-0.39, 0.29) is 11.4 Å². The Labute approximate surface area is 149 Å². The van der Waals surface area contributed by atoms with Crippen LogP contribution >= 0.6 is 23.4 Å². The van der Waals surface area contributed by atoms with E-state index in [1.165, 1.54) is 11.8 Å². The number of hydrogen-bond donors (Lipinski definition) is 2. The van der Waals surface area contributed by atoms with E-state index in [4.69, 9.17) is 11.6 Å². The summed E-state index contributed by atoms with van der Waals surface area (Å²) in [4.78, 5) is 16.4. The van der Waals surface area contributed by atoms with Gasteiger partial charge in [0.05, 0.1) is 5.69 Å². The number of pyridine rings is 1. The molecular weight excluding hydrogens is 346 g/mol. The molecule has 3 rings (SSSR count). The molecule has 0 saturated carbocycles. The van der Waals surface area contributed by atoms with Gasteiger partial charge in [-0.1, -0.05) is 11.6 Å². The number of nitrogens with zero attached hydrogens (tertiary/aromatic N) is 1. The number of carboxylic acid groups (broad SMARTS) is 1. The Morgan fingerprint density at radius 3 is 2.67 bits per heavy atom. The first-order chi connectivity index (χ1) is 11.5. The number of aromatic hydroxyl groups is 1. The van der Waals surface area contributed by atoms with Crippen molar-refractivity contribution in [2.24, 2.45) is 0 Å². The number of carboxylic acids is 1. The summed E-state index contributed by atoms with van der Waals surface area (Å²) in [7, 11) is 0. The van der Waals surface area contributed by atoms with Crippen LogP contribution in [0.4, 0.5) is 0 Å². The number of rotatable bonds is 4. The number of benzene rings is 1. The summed E-state index contributed by atoms with van der Waals surface area (Å²) in [6.45, 7) is 0. The normalized spacial score (nSPS) is 14.2. The molecule has 0 bridgehead atoms. The van der Waals surface area contributed by atoms with Gasteiger partial charge in [-0.05, 0) is 67.0 Å². The van der Waals surface area contributed by atoms with Gasteiger partial charge in [0, 0.05) is 15.5 Å². The summed E-state index contributed by atoms with van der Waals surface area (Å²) >= 11 is 7.43. The van der Waals surface area contributed by atoms with Crippen LogP contribution in [0.3, 0.4) is 0 Å². The van der Waals surface area contributed by atoms with Gasteiger partial charge in [0.2, 0.25) is 0 Å². The zero-order valence-electron chi connectivity index (χ0n) is 13.0. The molecule has 0 unspecified atom stereocenters. The Morgan fingerprint density at radius 2 is 1.96 bits per heavy atom. The predicted octanol–water partition coefficient (Wildman–Crippen LogP) is 4.96. The molecule has 0 amide bonds. The van der Waals surface area contributed by atoms with Crippen LogP contribution in [0.1, 0.15) is 41.0 Å². The van der Waals surface area contributed by atoms with Gasteiger partial charge in [-0.15, -0.1) is 11.8 Å². The lowest BCUT2D eigenvalue weighted by atomic mass is 9.99. The minimum Gasteiger partial charge on any atom is -0.507 e. The highest BCUT2D eigenvalue weighted by Crippen LogP contribution is 2.43. The number of aromatic carboxylic acids is 1. The number of hydrogen-bond acceptors (Lipinski definition) is 4. The Bertz CT molecular complexity index is 848. The van der Waals surface area contributed by atoms with Gasteiger partial charge in [-0.25, -0.2) is 9.78 Å². The average Bonchev–Trinajstić information content (AvgIpc) is 3.05. The lowest BCUT2D eigenvalue weighted by molar-refractivity contribution is 0.0686. The number of halogens is 1. The highest BCUT2D eigenvalue weighted by Gasteiger charge is 2.22. The molecule has 0 atom stereocenters. The van der Waals surface area contributed by atoms with Crippen molar-refractivity contribution in [2.45, 2.75) is 24.2 Å². The van der Waals surface area contributed by atoms with E-state index in [0.29, 0.717) is 21.2 Å². The van der Waals surface area contributed by atoms with Crippen LogP contribution in [0.5, 0.6) is 5.75 Å². The van der Waals surface area contributed by atoms with E-state index < -0.39 is 5.97 Å². The quantitative estimate of drug-likeness (QED) is 0.753. The Morgan fingerprint density at radius 1 is 1.21 bits per heavy atom. The molecule has 1 aromatic carbocycles. The first-order valence-corrected chi connectivity index (χ1v) is 9.11. The van der Waals surface area contributed by atoms with Gasteiger partial charge in [-0.2, -0.15) is 0 Å². The number of thioether (sulfide) groups is 1. The first kappa shape index (κ1) is 16.9. The number of phenols is 1. The number of aromatic nitrogens is 1. The fraction of sp³-hybridized carbons (Fsp3) is 0.222. The summed E-state index contributed by atoms with van der Waals surface area (Å²) in [5.41, 5.74) is 3.37. The molecule has 2 aromatic rings. The monoisotopic (exact) mass is 361 g/mol. The molecule has 0 radical (unpaired) electrons. The first-order valence-electron chi connectivity index (χ1n) is 7.51. The number of carbonyl (C=O) groups is 1. The third-order valence-electron chi connectivity index (χ3n) is 4.09. The second-order valence-electron chi connectivity index (χ2n) is 5.52. The van der Waals surface area contributed by atoms with Crippen LogP contribution in [0.15, 0.2) is 35.2 Å². The highest BCUT2D eigenvalue weighted by molar-refractivity contribution is 7.98. The maximum absolute atomic E-state index is 11.4. The van der Waals surface area contributed by atoms with Gasteiger partial charge >= 0.3 is 5.97 Å². The fourth-order valence-corrected chi connectivity index (χ4v) is 3.71. The van der Waals surface area contributed by atoms with E-state index in [0.717, 1.165) is 30.4 Å². The summed E-state index contributed by atoms with van der Waals surface area (Å²) in [6.07, 6.45) is 4.36. The topological polar surface area (TPSA) is 70.4 Å². The Balaban J connectivity index is 2.15. The zero-order valence-corrected chi connectivity index (χ0v) is 14.6. The van der Waals surface area contributed by atoms with E-state index in [2.05, 4.69) is 4.98 Å². The standard InChI is InChI=1S/C18H16ClNO3S/c1-24-16-8-6-14(20-17(16)18(22)23)12-4-2-3-11(12)13-9-10(19)5-7-15(13)21/h5-9,21H,2-4H2,1H3,(H,22,23). The molecule has 124 valence electrons. The molecule has 1 aromatic heterocycles. The van der Waals surface area contributed by atoms with Crippen molar-refractivity contribution in [2.75, 3.05) is 6.26 Å². The molecule has 1 heterocycles. The molecule has 1 aliphatic carbocycles. The van der Waals surface area contributed by atoms with Gasteiger partial charge in [0.25, 0.3) is 0 Å². The van der Waals surface area contributed by atoms with Crippen molar-refractivity contribution in [1.82, 2.24) is 4.98 Å². The van der Waals surface area contributed by atoms with Crippen LogP contribution in [0.2, 0.25) is 5.02 Å². The summed E-state index contributed by atoms with van der Waals surface area (Å²) < 4.78 is 0. The number of allylic oxidation sites excluding steroid dienone is 2. The molecule has 0 aliphatic heterocycles. The molecule has 2 N–H and O–H groups in total. The lowest BCUT2D eigenvalue weighted by Crippen LogP contribution is -2.05. The Kier molecular flexibility index (Phi) is 4.83. The molecule has 1 aliphatic rings. The van der Waals surface area contributed by atoms with Crippen LogP contribution in [-0.2, 0) is 0 Å². The molecule has 6 heteroatoms. The van der Waals surface area contributed by atoms with Crippen molar-refractivity contribution < 1.29 is 15.0 Å². The fourth-order valence-electron chi connectivity index (χ4n) is 3.01. The smallest absolute Gasteiger partial charge is 0.355 e. The molecule has 0 spiro atoms. The van der Waals surface area contributed by atoms with Gasteiger partial charge < -0.3 is 10.2 Å². The third-order valence-corrected chi connectivity index (χ3v) is 5.10. The lowest BCUT2D eigenvalue weighted by Gasteiger charge is -2.11. The van der Waals surface area contributed by atoms with Crippen molar-refractivity contribution >= 4 is 40.5 Å². The zero-order chi connectivity index (χ0) is 17.3. The van der Waals surface area contributed by atoms with Crippen molar-refractivity contribution in [3.63, 3.8) is 0 Å². The second kappa shape index (κ2) is 6.87. The maximum atomic E-state index is 11.4. The molecule has 4 nitrogen and oxygen atoms in total. The average molecular weight is 362 g/mol. The van der Waals surface area contributed by atoms with E-state index in [1.807, 2.05) is 12.3 Å². The molecule has 24 heavy (non-hydrogen) atoms. The van der Waals surface area contributed by atoms with Crippen LogP contribution in [0, 0.1) is 0 Å². The van der Waals surface area contributed by atoms with E-state index in [1.54, 1.807) is 24.3 Å². The van der Waals surface area contributed by atoms with Crippen LogP contribution in [0.25, 0.3) is 11.1 Å². The maximum Gasteiger partial charge on any atom is 0.355 e. The minimum atomic E-state index is -1.04. The number of phenolic OH excluding ortho intramolecular Hbond substituents is 1. The summed E-state index contributed by atoms with van der Waals surface area (Å²) in [5.74, 6) is -0.861. The molecular formula is C18H16ClNO3S. The predicted molar refractivity (Wildman–Crippen MR) is 96.8 cm³/mol. The highest BCUT2D eigenvalue weighted by atomic mass is 35.5. The van der Waals surface area contributed by atoms with Crippen LogP contribution < -0.4 is 0 Å². The van der Waals surface area contributed by atoms with Crippen LogP contribution in [-0.4, -0.2) is 27.4 Å². The Hall–Kier alpha value is -1.98. The van der Waals surface area contributed by atoms with E-state index >= 15 is 0 Å². The van der Waals surface area contributed by atoms with E-state index in [9.17, 15) is 15.0 Å². The molecule has 0 saturated heterocycles. The van der Waals surface area contributed by atoms with Gasteiger partial charge in [0.1, 0.15) is 5.75 Å². The van der Waals surface area contributed by atoms with Crippen molar-refractivity contribution in [1.29, 1.82) is 0 Å². The largest absolute Gasteiger partial charge is 0.507 e. The summed E-state index contributed by atoms with van der Waals surface area (Å²) in [5, 5.41) is 20.1. The van der Waals surface area contributed by atoms with Gasteiger partial charge in [-0.3, -0.25) is 0 Å². The molecule has 0 fully saturated rings. The minimum absolute atomic E-state index is 0.0640. The second-order valence-corrected chi connectivity index (χ2v) is 6.81.